The molecule has 0 bridgehead atoms. The fourth-order valence-electron chi connectivity index (χ4n) is 2.40. The van der Waals surface area contributed by atoms with E-state index < -0.39 is 0 Å². The van der Waals surface area contributed by atoms with Crippen LogP contribution < -0.4 is 0 Å². The molecule has 0 radical (unpaired) electrons. The molecule has 1 atom stereocenters. The first-order valence-electron chi connectivity index (χ1n) is 6.64. The van der Waals surface area contributed by atoms with Crippen LogP contribution in [0.2, 0.25) is 0 Å². The topological polar surface area (TPSA) is 33.5 Å². The van der Waals surface area contributed by atoms with Gasteiger partial charge in [0.15, 0.2) is 5.76 Å². The number of amides is 1. The van der Waals surface area contributed by atoms with Crippen LogP contribution in [0.1, 0.15) is 43.0 Å². The Morgan fingerprint density at radius 1 is 1.50 bits per heavy atom. The number of hydrogen-bond acceptors (Lipinski definition) is 2. The SMILES string of the molecule is CCc1ccc(C(=O)N2CCC(C(C)Cl)CC2)o1. The van der Waals surface area contributed by atoms with Gasteiger partial charge in [-0.15, -0.1) is 11.6 Å². The number of furan rings is 1. The molecule has 1 aliphatic rings. The fourth-order valence-corrected chi connectivity index (χ4v) is 2.65. The number of alkyl halides is 1. The molecule has 0 saturated carbocycles. The van der Waals surface area contributed by atoms with Gasteiger partial charge in [-0.05, 0) is 37.8 Å². The Bertz CT molecular complexity index is 406. The Morgan fingerprint density at radius 2 is 2.17 bits per heavy atom. The normalized spacial score (nSPS) is 18.9. The molecule has 1 unspecified atom stereocenters. The number of carbonyl (C=O) groups excluding carboxylic acids is 1. The quantitative estimate of drug-likeness (QED) is 0.789. The van der Waals surface area contributed by atoms with Crippen molar-refractivity contribution in [2.75, 3.05) is 13.1 Å². The minimum absolute atomic E-state index is 0.00961. The highest BCUT2D eigenvalue weighted by molar-refractivity contribution is 6.20. The maximum absolute atomic E-state index is 12.2. The molecule has 3 nitrogen and oxygen atoms in total. The first kappa shape index (κ1) is 13.5. The van der Waals surface area contributed by atoms with E-state index in [2.05, 4.69) is 0 Å². The molecular weight excluding hydrogens is 250 g/mol. The third-order valence-corrected chi connectivity index (χ3v) is 4.05. The molecule has 0 N–H and O–H groups in total. The Morgan fingerprint density at radius 3 is 2.67 bits per heavy atom. The van der Waals surface area contributed by atoms with Gasteiger partial charge in [0.25, 0.3) is 5.91 Å². The molecule has 1 aromatic rings. The molecule has 1 amide bonds. The molecule has 100 valence electrons. The summed E-state index contributed by atoms with van der Waals surface area (Å²) in [6, 6.07) is 3.65. The van der Waals surface area contributed by atoms with Gasteiger partial charge < -0.3 is 9.32 Å². The van der Waals surface area contributed by atoms with Crippen LogP contribution in [0.4, 0.5) is 0 Å². The summed E-state index contributed by atoms with van der Waals surface area (Å²) in [5.74, 6) is 1.86. The number of piperidine rings is 1. The van der Waals surface area contributed by atoms with Gasteiger partial charge in [0.05, 0.1) is 0 Å². The van der Waals surface area contributed by atoms with E-state index in [1.54, 1.807) is 6.07 Å². The summed E-state index contributed by atoms with van der Waals surface area (Å²) in [7, 11) is 0. The van der Waals surface area contributed by atoms with Gasteiger partial charge in [-0.2, -0.15) is 0 Å². The van der Waals surface area contributed by atoms with E-state index in [-0.39, 0.29) is 11.3 Å². The average Bonchev–Trinajstić information content (AvgIpc) is 2.86. The van der Waals surface area contributed by atoms with Crippen molar-refractivity contribution in [1.29, 1.82) is 0 Å². The first-order chi connectivity index (χ1) is 8.61. The zero-order valence-corrected chi connectivity index (χ0v) is 11.7. The van der Waals surface area contributed by atoms with Crippen molar-refractivity contribution >= 4 is 17.5 Å². The van der Waals surface area contributed by atoms with E-state index in [0.717, 1.165) is 38.1 Å². The highest BCUT2D eigenvalue weighted by atomic mass is 35.5. The predicted octanol–water partition coefficient (Wildman–Crippen LogP) is 3.32. The lowest BCUT2D eigenvalue weighted by Gasteiger charge is -2.32. The second-order valence-corrected chi connectivity index (χ2v) is 5.62. The van der Waals surface area contributed by atoms with Crippen LogP contribution in [-0.2, 0) is 6.42 Å². The average molecular weight is 270 g/mol. The standard InChI is InChI=1S/C14H20ClNO2/c1-3-12-4-5-13(18-12)14(17)16-8-6-11(7-9-16)10(2)15/h4-5,10-11H,3,6-9H2,1-2H3. The Hall–Kier alpha value is -0.960. The maximum atomic E-state index is 12.2. The number of carbonyl (C=O) groups is 1. The summed E-state index contributed by atoms with van der Waals surface area (Å²) in [4.78, 5) is 14.1. The molecular formula is C14H20ClNO2. The minimum atomic E-state index is 0.00961. The molecule has 0 spiro atoms. The first-order valence-corrected chi connectivity index (χ1v) is 7.07. The van der Waals surface area contributed by atoms with Crippen LogP contribution in [0.25, 0.3) is 0 Å². The number of aryl methyl sites for hydroxylation is 1. The Balaban J connectivity index is 1.95. The predicted molar refractivity (Wildman–Crippen MR) is 72.0 cm³/mol. The van der Waals surface area contributed by atoms with Crippen LogP contribution in [0, 0.1) is 5.92 Å². The Kier molecular flexibility index (Phi) is 4.33. The smallest absolute Gasteiger partial charge is 0.289 e. The lowest BCUT2D eigenvalue weighted by atomic mass is 9.94. The van der Waals surface area contributed by atoms with Gasteiger partial charge in [0.1, 0.15) is 5.76 Å². The van der Waals surface area contributed by atoms with Gasteiger partial charge in [0, 0.05) is 24.9 Å². The molecule has 1 saturated heterocycles. The fraction of sp³-hybridized carbons (Fsp3) is 0.643. The molecule has 0 aliphatic carbocycles. The number of halogens is 1. The summed E-state index contributed by atoms with van der Waals surface area (Å²) < 4.78 is 5.50. The second kappa shape index (κ2) is 5.79. The van der Waals surface area contributed by atoms with Crippen molar-refractivity contribution in [1.82, 2.24) is 4.90 Å². The van der Waals surface area contributed by atoms with Crippen LogP contribution in [0.3, 0.4) is 0 Å². The zero-order chi connectivity index (χ0) is 13.1. The molecule has 2 rings (SSSR count). The Labute approximate surface area is 113 Å². The largest absolute Gasteiger partial charge is 0.456 e. The monoisotopic (exact) mass is 269 g/mol. The molecule has 1 aromatic heterocycles. The van der Waals surface area contributed by atoms with E-state index in [1.165, 1.54) is 0 Å². The number of rotatable bonds is 3. The summed E-state index contributed by atoms with van der Waals surface area (Å²) in [6.45, 7) is 5.61. The summed E-state index contributed by atoms with van der Waals surface area (Å²) in [6.07, 6.45) is 2.79. The van der Waals surface area contributed by atoms with Gasteiger partial charge in [-0.3, -0.25) is 4.79 Å². The number of hydrogen-bond donors (Lipinski definition) is 0. The van der Waals surface area contributed by atoms with Gasteiger partial charge in [-0.1, -0.05) is 6.92 Å². The third-order valence-electron chi connectivity index (χ3n) is 3.70. The van der Waals surface area contributed by atoms with E-state index in [1.807, 2.05) is 24.8 Å². The van der Waals surface area contributed by atoms with E-state index in [9.17, 15) is 4.79 Å². The van der Waals surface area contributed by atoms with Crippen molar-refractivity contribution in [2.24, 2.45) is 5.92 Å². The van der Waals surface area contributed by atoms with E-state index in [4.69, 9.17) is 16.0 Å². The molecule has 2 heterocycles. The van der Waals surface area contributed by atoms with Crippen molar-refractivity contribution < 1.29 is 9.21 Å². The zero-order valence-electron chi connectivity index (χ0n) is 11.0. The van der Waals surface area contributed by atoms with Crippen molar-refractivity contribution in [2.45, 2.75) is 38.5 Å². The van der Waals surface area contributed by atoms with Crippen LogP contribution in [0.5, 0.6) is 0 Å². The summed E-state index contributed by atoms with van der Waals surface area (Å²) >= 11 is 6.10. The van der Waals surface area contributed by atoms with Gasteiger partial charge in [0.2, 0.25) is 0 Å². The lowest BCUT2D eigenvalue weighted by Crippen LogP contribution is -2.39. The highest BCUT2D eigenvalue weighted by Crippen LogP contribution is 2.25. The number of nitrogens with zero attached hydrogens (tertiary/aromatic N) is 1. The third kappa shape index (κ3) is 2.89. The van der Waals surface area contributed by atoms with Gasteiger partial charge >= 0.3 is 0 Å². The van der Waals surface area contributed by atoms with Crippen LogP contribution in [-0.4, -0.2) is 29.3 Å². The summed E-state index contributed by atoms with van der Waals surface area (Å²) in [5.41, 5.74) is 0. The second-order valence-electron chi connectivity index (χ2n) is 4.93. The number of likely N-dealkylation sites (tertiary alicyclic amines) is 1. The maximum Gasteiger partial charge on any atom is 0.289 e. The lowest BCUT2D eigenvalue weighted by molar-refractivity contribution is 0.0656. The summed E-state index contributed by atoms with van der Waals surface area (Å²) in [5, 5.41) is 0.192. The van der Waals surface area contributed by atoms with Gasteiger partial charge in [-0.25, -0.2) is 0 Å². The molecule has 4 heteroatoms. The molecule has 18 heavy (non-hydrogen) atoms. The van der Waals surface area contributed by atoms with Crippen LogP contribution >= 0.6 is 11.6 Å². The highest BCUT2D eigenvalue weighted by Gasteiger charge is 2.27. The van der Waals surface area contributed by atoms with Crippen LogP contribution in [0.15, 0.2) is 16.5 Å². The van der Waals surface area contributed by atoms with Crippen molar-refractivity contribution in [3.8, 4) is 0 Å². The minimum Gasteiger partial charge on any atom is -0.456 e. The van der Waals surface area contributed by atoms with E-state index in [0.29, 0.717) is 11.7 Å². The molecule has 0 aromatic carbocycles. The molecule has 1 aliphatic heterocycles. The molecule has 1 fully saturated rings. The van der Waals surface area contributed by atoms with Crippen molar-refractivity contribution in [3.63, 3.8) is 0 Å². The van der Waals surface area contributed by atoms with E-state index >= 15 is 0 Å². The van der Waals surface area contributed by atoms with Crippen molar-refractivity contribution in [3.05, 3.63) is 23.7 Å².